The van der Waals surface area contributed by atoms with E-state index in [1.54, 1.807) is 0 Å². The SMILES string of the molecule is [O-][S+]1(c2ccccc2)=Nc2ccccc2[C@@H](CCO)C1. The highest BCUT2D eigenvalue weighted by atomic mass is 32.3. The molecule has 0 spiro atoms. The molecule has 4 heteroatoms. The van der Waals surface area contributed by atoms with Crippen LogP contribution in [0.2, 0.25) is 0 Å². The van der Waals surface area contributed by atoms with Gasteiger partial charge in [0.25, 0.3) is 0 Å². The van der Waals surface area contributed by atoms with Crippen molar-refractivity contribution in [2.75, 3.05) is 12.4 Å². The molecule has 3 rings (SSSR count). The van der Waals surface area contributed by atoms with E-state index in [1.807, 2.05) is 54.6 Å². The summed E-state index contributed by atoms with van der Waals surface area (Å²) in [7, 11) is -2.44. The van der Waals surface area contributed by atoms with Crippen LogP contribution in [0, 0.1) is 0 Å². The molecular weight excluding hydrogens is 270 g/mol. The van der Waals surface area contributed by atoms with Gasteiger partial charge in [0, 0.05) is 12.5 Å². The van der Waals surface area contributed by atoms with Crippen LogP contribution in [0.1, 0.15) is 17.9 Å². The summed E-state index contributed by atoms with van der Waals surface area (Å²) in [6, 6.07) is 17.2. The predicted molar refractivity (Wildman–Crippen MR) is 80.7 cm³/mol. The molecule has 0 amide bonds. The van der Waals surface area contributed by atoms with E-state index in [9.17, 15) is 9.66 Å². The summed E-state index contributed by atoms with van der Waals surface area (Å²) >= 11 is 0. The lowest BCUT2D eigenvalue weighted by atomic mass is 9.96. The first-order chi connectivity index (χ1) is 9.73. The number of aliphatic hydroxyl groups excluding tert-OH is 1. The molecule has 2 atom stereocenters. The zero-order valence-corrected chi connectivity index (χ0v) is 11.9. The van der Waals surface area contributed by atoms with E-state index < -0.39 is 10.1 Å². The predicted octanol–water partition coefficient (Wildman–Crippen LogP) is 3.32. The number of hydrogen-bond acceptors (Lipinski definition) is 3. The molecule has 1 aliphatic heterocycles. The van der Waals surface area contributed by atoms with E-state index in [0.29, 0.717) is 12.2 Å². The van der Waals surface area contributed by atoms with Crippen molar-refractivity contribution in [2.24, 2.45) is 4.36 Å². The lowest BCUT2D eigenvalue weighted by Crippen LogP contribution is -2.25. The van der Waals surface area contributed by atoms with E-state index >= 15 is 0 Å². The lowest BCUT2D eigenvalue weighted by Gasteiger charge is -2.31. The maximum Gasteiger partial charge on any atom is 0.136 e. The molecule has 0 aliphatic carbocycles. The highest BCUT2D eigenvalue weighted by Crippen LogP contribution is 2.40. The molecule has 1 heterocycles. The highest BCUT2D eigenvalue weighted by molar-refractivity contribution is 8.00. The molecule has 20 heavy (non-hydrogen) atoms. The second-order valence-electron chi connectivity index (χ2n) is 4.98. The summed E-state index contributed by atoms with van der Waals surface area (Å²) in [5, 5.41) is 9.26. The molecule has 3 nitrogen and oxygen atoms in total. The van der Waals surface area contributed by atoms with E-state index in [4.69, 9.17) is 0 Å². The largest absolute Gasteiger partial charge is 0.626 e. The summed E-state index contributed by atoms with van der Waals surface area (Å²) in [5.74, 6) is 0.579. The van der Waals surface area contributed by atoms with E-state index in [0.717, 1.165) is 16.1 Å². The highest BCUT2D eigenvalue weighted by Gasteiger charge is 2.31. The fraction of sp³-hybridized carbons (Fsp3) is 0.250. The molecule has 0 aromatic heterocycles. The lowest BCUT2D eigenvalue weighted by molar-refractivity contribution is 0.278. The molecule has 1 aliphatic rings. The van der Waals surface area contributed by atoms with Gasteiger partial charge in [0.1, 0.15) is 16.3 Å². The van der Waals surface area contributed by atoms with Crippen LogP contribution in [-0.4, -0.2) is 22.0 Å². The number of aliphatic hydroxyl groups is 1. The van der Waals surface area contributed by atoms with Gasteiger partial charge in [-0.3, -0.25) is 0 Å². The van der Waals surface area contributed by atoms with E-state index in [-0.39, 0.29) is 12.5 Å². The summed E-state index contributed by atoms with van der Waals surface area (Å²) in [5.41, 5.74) is 1.89. The Bertz CT molecular complexity index is 655. The van der Waals surface area contributed by atoms with Crippen LogP contribution in [-0.2, 0) is 10.1 Å². The van der Waals surface area contributed by atoms with Crippen molar-refractivity contribution in [3.63, 3.8) is 0 Å². The molecule has 2 aromatic rings. The first-order valence-electron chi connectivity index (χ1n) is 6.73. The first kappa shape index (κ1) is 13.5. The van der Waals surface area contributed by atoms with Gasteiger partial charge < -0.3 is 9.66 Å². The van der Waals surface area contributed by atoms with Crippen molar-refractivity contribution in [3.8, 4) is 0 Å². The molecule has 0 bridgehead atoms. The van der Waals surface area contributed by atoms with Crippen LogP contribution in [0.3, 0.4) is 0 Å². The number of benzene rings is 2. The Labute approximate surface area is 120 Å². The van der Waals surface area contributed by atoms with Gasteiger partial charge in [0.15, 0.2) is 0 Å². The summed E-state index contributed by atoms with van der Waals surface area (Å²) < 4.78 is 17.7. The fourth-order valence-electron chi connectivity index (χ4n) is 2.65. The molecule has 1 N–H and O–H groups in total. The molecular formula is C16H17NO2S. The van der Waals surface area contributed by atoms with Crippen molar-refractivity contribution in [2.45, 2.75) is 17.2 Å². The minimum absolute atomic E-state index is 0.0985. The molecule has 1 unspecified atom stereocenters. The molecule has 0 fully saturated rings. The quantitative estimate of drug-likeness (QED) is 0.880. The Morgan fingerprint density at radius 3 is 2.55 bits per heavy atom. The van der Waals surface area contributed by atoms with Crippen LogP contribution in [0.25, 0.3) is 0 Å². The molecule has 0 radical (unpaired) electrons. The molecule has 2 aromatic carbocycles. The van der Waals surface area contributed by atoms with Gasteiger partial charge in [-0.15, -0.1) is 4.36 Å². The number of fused-ring (bicyclic) bond motifs is 1. The Kier molecular flexibility index (Phi) is 3.70. The second-order valence-corrected chi connectivity index (χ2v) is 7.25. The third-order valence-electron chi connectivity index (χ3n) is 3.64. The molecule has 104 valence electrons. The van der Waals surface area contributed by atoms with Crippen LogP contribution in [0.4, 0.5) is 5.69 Å². The number of rotatable bonds is 3. The Balaban J connectivity index is 2.12. The number of hydrogen-bond donors (Lipinski definition) is 1. The standard InChI is InChI=1S/C16H17NO2S/c18-11-10-13-12-20(19,14-6-2-1-3-7-14)17-16-9-5-4-8-15(13)16/h1-9,13,18H,10-12H2/t13-,20?/m0/s1. The van der Waals surface area contributed by atoms with Crippen molar-refractivity contribution >= 4 is 15.8 Å². The minimum atomic E-state index is -2.44. The Hall–Kier alpha value is -1.49. The molecule has 0 saturated carbocycles. The fourth-order valence-corrected chi connectivity index (χ4v) is 4.98. The van der Waals surface area contributed by atoms with Crippen LogP contribution >= 0.6 is 0 Å². The van der Waals surface area contributed by atoms with Gasteiger partial charge in [0.05, 0.1) is 0 Å². The van der Waals surface area contributed by atoms with Crippen molar-refractivity contribution < 1.29 is 9.66 Å². The third kappa shape index (κ3) is 2.42. The topological polar surface area (TPSA) is 55.7 Å². The van der Waals surface area contributed by atoms with Crippen LogP contribution in [0.15, 0.2) is 63.9 Å². The second kappa shape index (κ2) is 5.48. The van der Waals surface area contributed by atoms with E-state index in [2.05, 4.69) is 4.36 Å². The van der Waals surface area contributed by atoms with Gasteiger partial charge in [-0.1, -0.05) is 36.4 Å². The van der Waals surface area contributed by atoms with E-state index in [1.165, 1.54) is 0 Å². The summed E-state index contributed by atoms with van der Waals surface area (Å²) in [6.07, 6.45) is 0.621. The average Bonchev–Trinajstić information content (AvgIpc) is 2.48. The maximum absolute atomic E-state index is 13.2. The minimum Gasteiger partial charge on any atom is -0.626 e. The van der Waals surface area contributed by atoms with Crippen molar-refractivity contribution in [3.05, 3.63) is 60.2 Å². The summed E-state index contributed by atoms with van der Waals surface area (Å²) in [4.78, 5) is 0.775. The van der Waals surface area contributed by atoms with Gasteiger partial charge in [0.2, 0.25) is 0 Å². The van der Waals surface area contributed by atoms with Crippen LogP contribution in [0.5, 0.6) is 0 Å². The zero-order valence-electron chi connectivity index (χ0n) is 11.1. The normalized spacial score (nSPS) is 24.8. The van der Waals surface area contributed by atoms with Gasteiger partial charge >= 0.3 is 0 Å². The van der Waals surface area contributed by atoms with Gasteiger partial charge in [-0.05, 0) is 40.3 Å². The third-order valence-corrected chi connectivity index (χ3v) is 5.99. The summed E-state index contributed by atoms with van der Waals surface area (Å²) in [6.45, 7) is 0.101. The number of nitrogens with zero attached hydrogens (tertiary/aromatic N) is 1. The Morgan fingerprint density at radius 2 is 1.80 bits per heavy atom. The zero-order chi connectivity index (χ0) is 14.0. The average molecular weight is 287 g/mol. The van der Waals surface area contributed by atoms with Crippen LogP contribution < -0.4 is 0 Å². The Morgan fingerprint density at radius 1 is 1.10 bits per heavy atom. The van der Waals surface area contributed by atoms with Crippen molar-refractivity contribution in [1.29, 1.82) is 0 Å². The molecule has 0 saturated heterocycles. The van der Waals surface area contributed by atoms with Gasteiger partial charge in [-0.2, -0.15) is 0 Å². The first-order valence-corrected chi connectivity index (χ1v) is 8.41. The monoisotopic (exact) mass is 287 g/mol. The van der Waals surface area contributed by atoms with Gasteiger partial charge in [-0.25, -0.2) is 0 Å². The maximum atomic E-state index is 13.2. The smallest absolute Gasteiger partial charge is 0.136 e. The van der Waals surface area contributed by atoms with Crippen molar-refractivity contribution in [1.82, 2.24) is 0 Å².